The summed E-state index contributed by atoms with van der Waals surface area (Å²) >= 11 is 1.23. The number of rotatable bonds is 9. The van der Waals surface area contributed by atoms with Crippen LogP contribution in [0.15, 0.2) is 41.5 Å². The molecule has 0 aliphatic heterocycles. The van der Waals surface area contributed by atoms with Crippen LogP contribution in [-0.4, -0.2) is 15.5 Å². The molecule has 0 bridgehead atoms. The summed E-state index contributed by atoms with van der Waals surface area (Å²) in [5.74, 6) is -0.408. The van der Waals surface area contributed by atoms with Gasteiger partial charge in [0.1, 0.15) is 16.3 Å². The number of esters is 1. The number of benzene rings is 1. The van der Waals surface area contributed by atoms with Crippen molar-refractivity contribution in [2.24, 2.45) is 0 Å². The van der Waals surface area contributed by atoms with Crippen molar-refractivity contribution in [1.29, 1.82) is 0 Å². The van der Waals surface area contributed by atoms with E-state index in [0.717, 1.165) is 18.4 Å². The Hall–Kier alpha value is -2.47. The largest absolute Gasteiger partial charge is 0.457 e. The molecule has 0 saturated heterocycles. The van der Waals surface area contributed by atoms with Gasteiger partial charge in [0.15, 0.2) is 0 Å². The molecule has 1 aromatic carbocycles. The van der Waals surface area contributed by atoms with Crippen LogP contribution in [0, 0.1) is 6.92 Å². The molecular weight excluding hydrogens is 372 g/mol. The normalized spacial score (nSPS) is 11.1. The summed E-state index contributed by atoms with van der Waals surface area (Å²) in [6.45, 7) is 4.86. The molecule has 0 saturated carbocycles. The lowest BCUT2D eigenvalue weighted by atomic mass is 10.1. The second-order valence-corrected chi connectivity index (χ2v) is 7.95. The Morgan fingerprint density at radius 1 is 1.14 bits per heavy atom. The number of carbonyl (C=O) groups excluding carboxylic acids is 1. The monoisotopic (exact) mass is 398 g/mol. The van der Waals surface area contributed by atoms with Crippen LogP contribution in [0.2, 0.25) is 0 Å². The van der Waals surface area contributed by atoms with Crippen LogP contribution in [-0.2, 0) is 17.9 Å². The third kappa shape index (κ3) is 4.68. The lowest BCUT2D eigenvalue weighted by molar-refractivity contribution is 0.0478. The molecule has 3 rings (SSSR count). The van der Waals surface area contributed by atoms with E-state index in [9.17, 15) is 9.59 Å². The number of aromatic nitrogens is 2. The van der Waals surface area contributed by atoms with Gasteiger partial charge in [-0.2, -0.15) is 0 Å². The molecule has 0 aliphatic carbocycles. The fourth-order valence-corrected chi connectivity index (χ4v) is 4.22. The van der Waals surface area contributed by atoms with E-state index in [1.54, 1.807) is 17.8 Å². The summed E-state index contributed by atoms with van der Waals surface area (Å²) in [6.07, 6.45) is 7.28. The highest BCUT2D eigenvalue weighted by atomic mass is 32.1. The molecule has 0 N–H and O–H groups in total. The molecule has 5 nitrogen and oxygen atoms in total. The number of hydrogen-bond donors (Lipinski definition) is 0. The van der Waals surface area contributed by atoms with Gasteiger partial charge in [-0.1, -0.05) is 62.9 Å². The second kappa shape index (κ2) is 9.64. The van der Waals surface area contributed by atoms with Gasteiger partial charge >= 0.3 is 5.97 Å². The summed E-state index contributed by atoms with van der Waals surface area (Å²) < 4.78 is 7.09. The molecule has 0 atom stereocenters. The average Bonchev–Trinajstić information content (AvgIpc) is 3.05. The summed E-state index contributed by atoms with van der Waals surface area (Å²) in [7, 11) is 0. The quantitative estimate of drug-likeness (QED) is 0.372. The van der Waals surface area contributed by atoms with Gasteiger partial charge in [0.25, 0.3) is 5.56 Å². The molecule has 6 heteroatoms. The number of ether oxygens (including phenoxy) is 1. The number of nitrogens with zero attached hydrogens (tertiary/aromatic N) is 2. The first-order valence-electron chi connectivity index (χ1n) is 9.81. The second-order valence-electron chi connectivity index (χ2n) is 6.96. The fraction of sp³-hybridized carbons (Fsp3) is 0.409. The highest BCUT2D eigenvalue weighted by Gasteiger charge is 2.20. The summed E-state index contributed by atoms with van der Waals surface area (Å²) in [5.41, 5.74) is 1.52. The van der Waals surface area contributed by atoms with E-state index in [1.165, 1.54) is 30.6 Å². The van der Waals surface area contributed by atoms with E-state index in [-0.39, 0.29) is 12.2 Å². The minimum atomic E-state index is -0.408. The molecule has 2 heterocycles. The first-order chi connectivity index (χ1) is 13.6. The van der Waals surface area contributed by atoms with Gasteiger partial charge in [-0.15, -0.1) is 11.3 Å². The zero-order chi connectivity index (χ0) is 19.9. The number of aryl methyl sites for hydroxylation is 2. The van der Waals surface area contributed by atoms with Crippen molar-refractivity contribution in [3.05, 3.63) is 63.0 Å². The zero-order valence-corrected chi connectivity index (χ0v) is 17.3. The van der Waals surface area contributed by atoms with Crippen molar-refractivity contribution in [3.63, 3.8) is 0 Å². The first kappa shape index (κ1) is 20.3. The van der Waals surface area contributed by atoms with Crippen LogP contribution in [0.1, 0.15) is 59.8 Å². The highest BCUT2D eigenvalue weighted by molar-refractivity contribution is 7.20. The minimum Gasteiger partial charge on any atom is -0.457 e. The molecule has 0 radical (unpaired) electrons. The van der Waals surface area contributed by atoms with Crippen molar-refractivity contribution in [3.8, 4) is 0 Å². The molecule has 2 aromatic heterocycles. The van der Waals surface area contributed by atoms with Gasteiger partial charge in [-0.3, -0.25) is 9.36 Å². The number of hydrogen-bond acceptors (Lipinski definition) is 5. The molecule has 0 amide bonds. The maximum atomic E-state index is 12.9. The van der Waals surface area contributed by atoms with Gasteiger partial charge in [0.05, 0.1) is 11.7 Å². The Labute approximate surface area is 169 Å². The van der Waals surface area contributed by atoms with Crippen molar-refractivity contribution in [2.45, 2.75) is 59.1 Å². The van der Waals surface area contributed by atoms with Gasteiger partial charge in [0.2, 0.25) is 0 Å². The smallest absolute Gasteiger partial charge is 0.349 e. The van der Waals surface area contributed by atoms with Crippen LogP contribution < -0.4 is 5.56 Å². The van der Waals surface area contributed by atoms with E-state index in [4.69, 9.17) is 4.74 Å². The van der Waals surface area contributed by atoms with Crippen LogP contribution in [0.5, 0.6) is 0 Å². The third-order valence-corrected chi connectivity index (χ3v) is 6.00. The van der Waals surface area contributed by atoms with Crippen LogP contribution in [0.3, 0.4) is 0 Å². The van der Waals surface area contributed by atoms with Crippen molar-refractivity contribution < 1.29 is 9.53 Å². The van der Waals surface area contributed by atoms with E-state index in [0.29, 0.717) is 27.2 Å². The Morgan fingerprint density at radius 2 is 1.89 bits per heavy atom. The molecule has 3 aromatic rings. The van der Waals surface area contributed by atoms with Crippen LogP contribution in [0.25, 0.3) is 10.2 Å². The van der Waals surface area contributed by atoms with Gasteiger partial charge in [0, 0.05) is 6.54 Å². The standard InChI is InChI=1S/C22H26N2O3S/c1-3-4-5-6-10-13-24-15-23-20-18(21(24)25)16(2)19(28-20)22(26)27-14-17-11-8-7-9-12-17/h7-9,11-12,15H,3-6,10,13-14H2,1-2H3. The maximum absolute atomic E-state index is 12.9. The average molecular weight is 399 g/mol. The van der Waals surface area contributed by atoms with Gasteiger partial charge < -0.3 is 4.74 Å². The lowest BCUT2D eigenvalue weighted by Gasteiger charge is -2.05. The number of carbonyl (C=O) groups is 1. The van der Waals surface area contributed by atoms with Gasteiger partial charge in [-0.05, 0) is 24.5 Å². The van der Waals surface area contributed by atoms with Gasteiger partial charge in [-0.25, -0.2) is 9.78 Å². The minimum absolute atomic E-state index is 0.0728. The molecule has 0 aliphatic rings. The molecule has 28 heavy (non-hydrogen) atoms. The molecule has 0 unspecified atom stereocenters. The first-order valence-corrected chi connectivity index (χ1v) is 10.6. The summed E-state index contributed by atoms with van der Waals surface area (Å²) in [4.78, 5) is 30.9. The Bertz CT molecular complexity index is 992. The van der Waals surface area contributed by atoms with E-state index in [1.807, 2.05) is 30.3 Å². The number of unbranched alkanes of at least 4 members (excludes halogenated alkanes) is 4. The number of fused-ring (bicyclic) bond motifs is 1. The topological polar surface area (TPSA) is 61.2 Å². The maximum Gasteiger partial charge on any atom is 0.349 e. The fourth-order valence-electron chi connectivity index (χ4n) is 3.19. The zero-order valence-electron chi connectivity index (χ0n) is 16.4. The van der Waals surface area contributed by atoms with E-state index in [2.05, 4.69) is 11.9 Å². The molecular formula is C22H26N2O3S. The third-order valence-electron chi connectivity index (χ3n) is 4.82. The lowest BCUT2D eigenvalue weighted by Crippen LogP contribution is -2.20. The summed E-state index contributed by atoms with van der Waals surface area (Å²) in [5, 5.41) is 0.535. The Balaban J connectivity index is 1.74. The molecule has 148 valence electrons. The predicted octanol–water partition coefficient (Wildman–Crippen LogP) is 5.09. The summed E-state index contributed by atoms with van der Waals surface area (Å²) in [6, 6.07) is 9.55. The number of thiophene rings is 1. The van der Waals surface area contributed by atoms with E-state index < -0.39 is 5.97 Å². The molecule has 0 fully saturated rings. The predicted molar refractivity (Wildman–Crippen MR) is 113 cm³/mol. The van der Waals surface area contributed by atoms with Crippen molar-refractivity contribution in [1.82, 2.24) is 9.55 Å². The van der Waals surface area contributed by atoms with Crippen molar-refractivity contribution in [2.75, 3.05) is 0 Å². The van der Waals surface area contributed by atoms with Crippen LogP contribution in [0.4, 0.5) is 0 Å². The SMILES string of the molecule is CCCCCCCn1cnc2sc(C(=O)OCc3ccccc3)c(C)c2c1=O. The Kier molecular flexibility index (Phi) is 6.98. The Morgan fingerprint density at radius 3 is 2.64 bits per heavy atom. The van der Waals surface area contributed by atoms with Crippen LogP contribution >= 0.6 is 11.3 Å². The van der Waals surface area contributed by atoms with Crippen molar-refractivity contribution >= 4 is 27.5 Å². The highest BCUT2D eigenvalue weighted by Crippen LogP contribution is 2.27. The van der Waals surface area contributed by atoms with E-state index >= 15 is 0 Å². The molecule has 0 spiro atoms.